The lowest BCUT2D eigenvalue weighted by Crippen LogP contribution is -2.25. The fourth-order valence-electron chi connectivity index (χ4n) is 4.55. The molecule has 4 heteroatoms. The molecule has 1 aromatic carbocycles. The Morgan fingerprint density at radius 2 is 1.69 bits per heavy atom. The van der Waals surface area contributed by atoms with Crippen LogP contribution in [0.4, 0.5) is 4.39 Å². The molecule has 0 spiro atoms. The number of hydrogen-bond donors (Lipinski definition) is 0. The summed E-state index contributed by atoms with van der Waals surface area (Å²) in [5.41, 5.74) is 2.09. The summed E-state index contributed by atoms with van der Waals surface area (Å²) in [5.74, 6) is 0.982. The molecule has 0 bridgehead atoms. The molecule has 0 unspecified atom stereocenters. The van der Waals surface area contributed by atoms with Gasteiger partial charge in [0, 0.05) is 6.61 Å². The number of nitriles is 2. The van der Waals surface area contributed by atoms with Crippen LogP contribution in [0.25, 0.3) is 0 Å². The minimum atomic E-state index is -0.743. The Hall–Kier alpha value is -2.43. The van der Waals surface area contributed by atoms with Crippen LogP contribution < -0.4 is 0 Å². The normalized spacial score (nSPS) is 28.0. The first-order valence-electron chi connectivity index (χ1n) is 10.7. The Labute approximate surface area is 173 Å². The van der Waals surface area contributed by atoms with Gasteiger partial charge in [-0.25, -0.2) is 0 Å². The molecule has 0 heterocycles. The second-order valence-electron chi connectivity index (χ2n) is 8.33. The maximum atomic E-state index is 12.8. The lowest BCUT2D eigenvalue weighted by molar-refractivity contribution is -0.00456. The predicted octanol–water partition coefficient (Wildman–Crippen LogP) is 6.34. The zero-order chi connectivity index (χ0) is 20.5. The summed E-state index contributed by atoms with van der Waals surface area (Å²) >= 11 is 0. The van der Waals surface area contributed by atoms with Gasteiger partial charge < -0.3 is 4.74 Å². The molecular weight excluding hydrogens is 363 g/mol. The van der Waals surface area contributed by atoms with Gasteiger partial charge in [0.25, 0.3) is 0 Å². The molecule has 2 fully saturated rings. The first-order chi connectivity index (χ1) is 14.2. The minimum absolute atomic E-state index is 0.349. The van der Waals surface area contributed by atoms with Crippen LogP contribution in [-0.4, -0.2) is 12.7 Å². The summed E-state index contributed by atoms with van der Waals surface area (Å²) in [7, 11) is 0. The molecule has 152 valence electrons. The fraction of sp³-hybridized carbons (Fsp3) is 0.520. The average Bonchev–Trinajstić information content (AvgIpc) is 2.79. The lowest BCUT2D eigenvalue weighted by Gasteiger charge is -2.32. The van der Waals surface area contributed by atoms with Crippen LogP contribution in [0.3, 0.4) is 0 Å². The van der Waals surface area contributed by atoms with Crippen LogP contribution in [-0.2, 0) is 4.74 Å². The highest BCUT2D eigenvalue weighted by Gasteiger charge is 2.25. The lowest BCUT2D eigenvalue weighted by atomic mass is 9.79. The van der Waals surface area contributed by atoms with E-state index in [1.165, 1.54) is 43.4 Å². The van der Waals surface area contributed by atoms with E-state index in [4.69, 9.17) is 15.3 Å². The first kappa shape index (κ1) is 21.3. The molecule has 2 saturated carbocycles. The van der Waals surface area contributed by atoms with E-state index in [1.54, 1.807) is 6.08 Å². The maximum absolute atomic E-state index is 12.8. The van der Waals surface area contributed by atoms with Crippen molar-refractivity contribution in [2.24, 2.45) is 11.8 Å². The average molecular weight is 393 g/mol. The summed E-state index contributed by atoms with van der Waals surface area (Å²) in [5, 5.41) is 17.3. The Kier molecular flexibility index (Phi) is 8.03. The second-order valence-corrected chi connectivity index (χ2v) is 8.33. The van der Waals surface area contributed by atoms with Crippen molar-refractivity contribution in [2.75, 3.05) is 6.61 Å². The highest BCUT2D eigenvalue weighted by Crippen LogP contribution is 2.36. The zero-order valence-electron chi connectivity index (χ0n) is 16.9. The Morgan fingerprint density at radius 3 is 2.31 bits per heavy atom. The van der Waals surface area contributed by atoms with Crippen molar-refractivity contribution in [2.45, 2.75) is 63.4 Å². The number of hydrogen-bond acceptors (Lipinski definition) is 3. The molecular formula is C25H29FN2O. The van der Waals surface area contributed by atoms with Gasteiger partial charge in [-0.1, -0.05) is 24.3 Å². The third kappa shape index (κ3) is 6.55. The second kappa shape index (κ2) is 10.9. The van der Waals surface area contributed by atoms with Crippen molar-refractivity contribution >= 4 is 0 Å². The Bertz CT molecular complexity index is 784. The molecule has 0 radical (unpaired) electrons. The molecule has 2 aliphatic rings. The van der Waals surface area contributed by atoms with Crippen LogP contribution in [0.2, 0.25) is 0 Å². The van der Waals surface area contributed by atoms with Gasteiger partial charge in [-0.3, -0.25) is 0 Å². The van der Waals surface area contributed by atoms with Gasteiger partial charge in [-0.15, -0.1) is 0 Å². The van der Waals surface area contributed by atoms with E-state index in [0.29, 0.717) is 23.9 Å². The molecule has 3 rings (SSSR count). The van der Waals surface area contributed by atoms with Crippen molar-refractivity contribution < 1.29 is 9.13 Å². The Balaban J connectivity index is 1.34. The number of ether oxygens (including phenoxy) is 1. The fourth-order valence-corrected chi connectivity index (χ4v) is 4.55. The predicted molar refractivity (Wildman–Crippen MR) is 111 cm³/mol. The van der Waals surface area contributed by atoms with E-state index in [-0.39, 0.29) is 0 Å². The number of allylic oxidation sites excluding steroid dienone is 4. The highest BCUT2D eigenvalue weighted by atomic mass is 19.1. The maximum Gasteiger partial charge on any atom is 0.199 e. The molecule has 0 aliphatic heterocycles. The van der Waals surface area contributed by atoms with Crippen LogP contribution in [0.5, 0.6) is 0 Å². The largest absolute Gasteiger partial charge is 0.378 e. The minimum Gasteiger partial charge on any atom is -0.378 e. The van der Waals surface area contributed by atoms with E-state index < -0.39 is 5.83 Å². The summed E-state index contributed by atoms with van der Waals surface area (Å²) in [6.07, 6.45) is 14.3. The Morgan fingerprint density at radius 1 is 1.00 bits per heavy atom. The van der Waals surface area contributed by atoms with Crippen molar-refractivity contribution in [3.63, 3.8) is 0 Å². The van der Waals surface area contributed by atoms with Crippen LogP contribution in [0.15, 0.2) is 48.3 Å². The topological polar surface area (TPSA) is 56.8 Å². The van der Waals surface area contributed by atoms with Crippen molar-refractivity contribution in [1.29, 1.82) is 10.5 Å². The van der Waals surface area contributed by atoms with Gasteiger partial charge in [-0.2, -0.15) is 14.9 Å². The SMILES string of the molecule is N#CC(F)=CC=CC1CCC(OCC2CCC(c3ccc(C#N)cc3)CC2)CC1. The molecule has 3 nitrogen and oxygen atoms in total. The molecule has 0 amide bonds. The molecule has 2 aliphatic carbocycles. The molecule has 0 aromatic heterocycles. The number of nitrogens with zero attached hydrogens (tertiary/aromatic N) is 2. The summed E-state index contributed by atoms with van der Waals surface area (Å²) in [4.78, 5) is 0. The van der Waals surface area contributed by atoms with E-state index in [2.05, 4.69) is 18.2 Å². The summed E-state index contributed by atoms with van der Waals surface area (Å²) in [6.45, 7) is 0.862. The van der Waals surface area contributed by atoms with Gasteiger partial charge in [0.1, 0.15) is 6.07 Å². The van der Waals surface area contributed by atoms with E-state index in [1.807, 2.05) is 18.2 Å². The smallest absolute Gasteiger partial charge is 0.199 e. The van der Waals surface area contributed by atoms with E-state index >= 15 is 0 Å². The van der Waals surface area contributed by atoms with E-state index in [9.17, 15) is 4.39 Å². The molecule has 0 N–H and O–H groups in total. The summed E-state index contributed by atoms with van der Waals surface area (Å²) < 4.78 is 19.0. The van der Waals surface area contributed by atoms with Gasteiger partial charge >= 0.3 is 0 Å². The van der Waals surface area contributed by atoms with E-state index in [0.717, 1.165) is 37.9 Å². The van der Waals surface area contributed by atoms with Crippen molar-refractivity contribution in [3.05, 3.63) is 59.4 Å². The molecule has 0 saturated heterocycles. The third-order valence-corrected chi connectivity index (χ3v) is 6.38. The number of benzene rings is 1. The van der Waals surface area contributed by atoms with Gasteiger partial charge in [-0.05, 0) is 92.9 Å². The number of rotatable bonds is 6. The standard InChI is InChI=1S/C25H29FN2O/c26-24(17-28)3-1-2-19-8-14-25(15-9-19)29-18-21-6-12-23(13-7-21)22-10-4-20(16-27)5-11-22/h1-5,10-11,19,21,23,25H,6-9,12-15,18H2. The van der Waals surface area contributed by atoms with Gasteiger partial charge in [0.2, 0.25) is 0 Å². The zero-order valence-corrected chi connectivity index (χ0v) is 16.9. The third-order valence-electron chi connectivity index (χ3n) is 6.38. The first-order valence-corrected chi connectivity index (χ1v) is 10.7. The van der Waals surface area contributed by atoms with Crippen LogP contribution in [0.1, 0.15) is 68.4 Å². The van der Waals surface area contributed by atoms with Crippen molar-refractivity contribution in [1.82, 2.24) is 0 Å². The van der Waals surface area contributed by atoms with Crippen molar-refractivity contribution in [3.8, 4) is 12.1 Å². The molecule has 29 heavy (non-hydrogen) atoms. The van der Waals surface area contributed by atoms with Crippen LogP contribution in [0, 0.1) is 34.5 Å². The molecule has 0 atom stereocenters. The highest BCUT2D eigenvalue weighted by molar-refractivity contribution is 5.33. The quantitative estimate of drug-likeness (QED) is 0.419. The van der Waals surface area contributed by atoms with Crippen LogP contribution >= 0.6 is 0 Å². The molecule has 1 aromatic rings. The van der Waals surface area contributed by atoms with Gasteiger partial charge in [0.05, 0.1) is 17.7 Å². The van der Waals surface area contributed by atoms with Gasteiger partial charge in [0.15, 0.2) is 5.83 Å². The number of halogens is 1. The monoisotopic (exact) mass is 392 g/mol. The summed E-state index contributed by atoms with van der Waals surface area (Å²) in [6, 6.07) is 11.7.